The Hall–Kier alpha value is -2.95. The van der Waals surface area contributed by atoms with Crippen molar-refractivity contribution in [2.45, 2.75) is 51.5 Å². The molecule has 0 radical (unpaired) electrons. The first kappa shape index (κ1) is 24.7. The van der Waals surface area contributed by atoms with E-state index in [0.717, 1.165) is 10.2 Å². The lowest BCUT2D eigenvalue weighted by Gasteiger charge is -2.19. The highest BCUT2D eigenvalue weighted by atomic mass is 32.2. The van der Waals surface area contributed by atoms with Gasteiger partial charge in [0.05, 0.1) is 34.1 Å². The molecule has 1 N–H and O–H groups in total. The summed E-state index contributed by atoms with van der Waals surface area (Å²) >= 11 is 0. The molecule has 178 valence electrons. The first-order chi connectivity index (χ1) is 15.1. The molecule has 0 aliphatic rings. The van der Waals surface area contributed by atoms with Gasteiger partial charge in [-0.2, -0.15) is 5.10 Å². The maximum atomic E-state index is 14.1. The summed E-state index contributed by atoms with van der Waals surface area (Å²) in [6.45, 7) is 8.02. The number of rotatable bonds is 5. The molecule has 3 rings (SSSR count). The fraction of sp³-hybridized carbons (Fsp3) is 0.318. The van der Waals surface area contributed by atoms with E-state index >= 15 is 0 Å². The van der Waals surface area contributed by atoms with Gasteiger partial charge < -0.3 is 0 Å². The van der Waals surface area contributed by atoms with Gasteiger partial charge in [-0.1, -0.05) is 32.9 Å². The Morgan fingerprint density at radius 3 is 1.85 bits per heavy atom. The van der Waals surface area contributed by atoms with Gasteiger partial charge in [-0.25, -0.2) is 30.4 Å². The molecule has 33 heavy (non-hydrogen) atoms. The lowest BCUT2D eigenvalue weighted by molar-refractivity contribution is 0.366. The molecule has 0 spiro atoms. The molecular weight excluding hydrogens is 465 g/mol. The molecular formula is C22H22F5N3O2S. The van der Waals surface area contributed by atoms with Crippen molar-refractivity contribution in [3.05, 3.63) is 75.9 Å². The third-order valence-corrected chi connectivity index (χ3v) is 6.62. The maximum Gasteiger partial charge on any atom is 0.262 e. The molecule has 5 nitrogen and oxygen atoms in total. The second-order valence-electron chi connectivity index (χ2n) is 8.63. The van der Waals surface area contributed by atoms with Crippen LogP contribution in [-0.4, -0.2) is 18.2 Å². The summed E-state index contributed by atoms with van der Waals surface area (Å²) < 4.78 is 97.5. The van der Waals surface area contributed by atoms with Gasteiger partial charge in [0.1, 0.15) is 0 Å². The Morgan fingerprint density at radius 2 is 1.36 bits per heavy atom. The summed E-state index contributed by atoms with van der Waals surface area (Å²) in [5, 5.41) is 4.01. The SMILES string of the molecule is Cc1nn(Cc2c(F)c(F)c(F)c(F)c2F)c(C)c1NS(=O)(=O)c1ccc(C(C)(C)C)cc1. The molecule has 3 aromatic rings. The van der Waals surface area contributed by atoms with Crippen molar-refractivity contribution in [3.8, 4) is 0 Å². The van der Waals surface area contributed by atoms with E-state index in [9.17, 15) is 30.4 Å². The molecule has 1 heterocycles. The highest BCUT2D eigenvalue weighted by molar-refractivity contribution is 7.92. The Morgan fingerprint density at radius 1 is 0.879 bits per heavy atom. The molecule has 0 unspecified atom stereocenters. The number of aryl methyl sites for hydroxylation is 1. The zero-order chi connectivity index (χ0) is 24.9. The van der Waals surface area contributed by atoms with Crippen LogP contribution in [0.1, 0.15) is 43.3 Å². The number of benzene rings is 2. The van der Waals surface area contributed by atoms with Crippen molar-refractivity contribution >= 4 is 15.7 Å². The number of nitrogens with one attached hydrogen (secondary N) is 1. The van der Waals surface area contributed by atoms with Crippen molar-refractivity contribution < 1.29 is 30.4 Å². The highest BCUT2D eigenvalue weighted by Gasteiger charge is 2.27. The third kappa shape index (κ3) is 4.59. The van der Waals surface area contributed by atoms with Crippen molar-refractivity contribution in [2.75, 3.05) is 4.72 Å². The molecule has 0 fully saturated rings. The minimum Gasteiger partial charge on any atom is -0.276 e. The van der Waals surface area contributed by atoms with E-state index in [4.69, 9.17) is 0 Å². The fourth-order valence-electron chi connectivity index (χ4n) is 3.26. The smallest absolute Gasteiger partial charge is 0.262 e. The summed E-state index contributed by atoms with van der Waals surface area (Å²) in [6.07, 6.45) is 0. The lowest BCUT2D eigenvalue weighted by Crippen LogP contribution is -2.16. The van der Waals surface area contributed by atoms with E-state index < -0.39 is 51.2 Å². The molecule has 11 heteroatoms. The van der Waals surface area contributed by atoms with Crippen LogP contribution in [0.15, 0.2) is 29.2 Å². The molecule has 0 saturated carbocycles. The molecule has 0 atom stereocenters. The fourth-order valence-corrected chi connectivity index (χ4v) is 4.44. The molecule has 0 aliphatic carbocycles. The van der Waals surface area contributed by atoms with Gasteiger partial charge in [0.15, 0.2) is 23.3 Å². The van der Waals surface area contributed by atoms with Gasteiger partial charge in [-0.15, -0.1) is 0 Å². The standard InChI is InChI=1S/C22H22F5N3O2S/c1-11-21(29-33(31,32)14-8-6-13(7-9-14)22(3,4)5)12(2)30(28-11)10-15-16(23)18(25)20(27)19(26)17(15)24/h6-9,29H,10H2,1-5H3. The van der Waals surface area contributed by atoms with E-state index in [2.05, 4.69) is 9.82 Å². The minimum atomic E-state index is -4.04. The van der Waals surface area contributed by atoms with Gasteiger partial charge >= 0.3 is 0 Å². The largest absolute Gasteiger partial charge is 0.276 e. The number of anilines is 1. The zero-order valence-electron chi connectivity index (χ0n) is 18.5. The monoisotopic (exact) mass is 487 g/mol. The normalized spacial score (nSPS) is 12.3. The predicted octanol–water partition coefficient (Wildman–Crippen LogP) is 5.34. The van der Waals surface area contributed by atoms with Crippen LogP contribution in [0.5, 0.6) is 0 Å². The molecule has 0 amide bonds. The molecule has 1 aromatic heterocycles. The highest BCUT2D eigenvalue weighted by Crippen LogP contribution is 2.28. The van der Waals surface area contributed by atoms with Crippen molar-refractivity contribution in [3.63, 3.8) is 0 Å². The van der Waals surface area contributed by atoms with Crippen LogP contribution in [-0.2, 0) is 22.0 Å². The Bertz CT molecular complexity index is 1300. The number of nitrogens with zero attached hydrogens (tertiary/aromatic N) is 2. The van der Waals surface area contributed by atoms with Crippen molar-refractivity contribution in [1.82, 2.24) is 9.78 Å². The Balaban J connectivity index is 1.95. The van der Waals surface area contributed by atoms with Gasteiger partial charge in [-0.3, -0.25) is 9.40 Å². The molecule has 2 aromatic carbocycles. The minimum absolute atomic E-state index is 0.0122. The third-order valence-electron chi connectivity index (χ3n) is 5.26. The number of aromatic nitrogens is 2. The average Bonchev–Trinajstić information content (AvgIpc) is 3.00. The molecule has 0 bridgehead atoms. The van der Waals surface area contributed by atoms with Crippen molar-refractivity contribution in [2.24, 2.45) is 0 Å². The van der Waals surface area contributed by atoms with Crippen LogP contribution < -0.4 is 4.72 Å². The summed E-state index contributed by atoms with van der Waals surface area (Å²) in [5.41, 5.74) is 0.0124. The van der Waals surface area contributed by atoms with E-state index in [1.807, 2.05) is 20.8 Å². The van der Waals surface area contributed by atoms with Crippen LogP contribution in [0.2, 0.25) is 0 Å². The van der Waals surface area contributed by atoms with E-state index in [0.29, 0.717) is 0 Å². The summed E-state index contributed by atoms with van der Waals surface area (Å²) in [5.74, 6) is -10.3. The number of halogens is 5. The quantitative estimate of drug-likeness (QED) is 0.300. The van der Waals surface area contributed by atoms with Crippen molar-refractivity contribution in [1.29, 1.82) is 0 Å². The van der Waals surface area contributed by atoms with Crippen LogP contribution >= 0.6 is 0 Å². The number of hydrogen-bond acceptors (Lipinski definition) is 3. The second-order valence-corrected chi connectivity index (χ2v) is 10.3. The summed E-state index contributed by atoms with van der Waals surface area (Å²) in [4.78, 5) is -0.0122. The summed E-state index contributed by atoms with van der Waals surface area (Å²) in [7, 11) is -4.04. The molecule has 0 saturated heterocycles. The second kappa shape index (κ2) is 8.44. The first-order valence-electron chi connectivity index (χ1n) is 9.82. The Labute approximate surface area is 188 Å². The zero-order valence-corrected chi connectivity index (χ0v) is 19.3. The molecule has 0 aliphatic heterocycles. The van der Waals surface area contributed by atoms with Gasteiger partial charge in [0.2, 0.25) is 5.82 Å². The van der Waals surface area contributed by atoms with Crippen LogP contribution in [0.3, 0.4) is 0 Å². The maximum absolute atomic E-state index is 14.1. The first-order valence-corrected chi connectivity index (χ1v) is 11.3. The van der Waals surface area contributed by atoms with Crippen LogP contribution in [0.4, 0.5) is 27.6 Å². The predicted molar refractivity (Wildman–Crippen MR) is 113 cm³/mol. The van der Waals surface area contributed by atoms with Gasteiger partial charge in [-0.05, 0) is 37.0 Å². The summed E-state index contributed by atoms with van der Waals surface area (Å²) in [6, 6.07) is 6.29. The van der Waals surface area contributed by atoms with Gasteiger partial charge in [0, 0.05) is 0 Å². The van der Waals surface area contributed by atoms with Crippen LogP contribution in [0.25, 0.3) is 0 Å². The van der Waals surface area contributed by atoms with Crippen LogP contribution in [0, 0.1) is 42.9 Å². The Kier molecular flexibility index (Phi) is 6.31. The van der Waals surface area contributed by atoms with Gasteiger partial charge in [0.25, 0.3) is 10.0 Å². The number of hydrogen-bond donors (Lipinski definition) is 1. The van der Waals surface area contributed by atoms with E-state index in [1.54, 1.807) is 12.1 Å². The lowest BCUT2D eigenvalue weighted by atomic mass is 9.87. The van der Waals surface area contributed by atoms with E-state index in [1.165, 1.54) is 26.0 Å². The van der Waals surface area contributed by atoms with E-state index in [-0.39, 0.29) is 27.4 Å². The topological polar surface area (TPSA) is 64.0 Å². The average molecular weight is 487 g/mol. The number of sulfonamides is 1.